The number of fused-ring (bicyclic) bond motifs is 1. The monoisotopic (exact) mass is 336 g/mol. The number of benzene rings is 1. The SMILES string of the molecule is O=C(O)C1(Br)Oc2ccccc2OC1Br. The summed E-state index contributed by atoms with van der Waals surface area (Å²) in [6, 6.07) is 6.88. The third-order valence-electron chi connectivity index (χ3n) is 1.92. The van der Waals surface area contributed by atoms with E-state index in [-0.39, 0.29) is 0 Å². The van der Waals surface area contributed by atoms with Crippen molar-refractivity contribution in [3.05, 3.63) is 24.3 Å². The first kappa shape index (κ1) is 10.8. The summed E-state index contributed by atoms with van der Waals surface area (Å²) in [6.07, 6.45) is 0. The summed E-state index contributed by atoms with van der Waals surface area (Å²) in [7, 11) is 0. The van der Waals surface area contributed by atoms with E-state index < -0.39 is 15.5 Å². The van der Waals surface area contributed by atoms with E-state index in [4.69, 9.17) is 14.6 Å². The normalized spacial score (nSPS) is 28.5. The van der Waals surface area contributed by atoms with Crippen molar-refractivity contribution >= 4 is 37.8 Å². The highest BCUT2D eigenvalue weighted by atomic mass is 79.9. The molecule has 1 aromatic carbocycles. The minimum absolute atomic E-state index is 0.396. The van der Waals surface area contributed by atoms with Gasteiger partial charge in [-0.1, -0.05) is 12.1 Å². The second kappa shape index (κ2) is 3.68. The first-order valence-electron chi connectivity index (χ1n) is 4.05. The Kier molecular flexibility index (Phi) is 2.64. The number of ether oxygens (including phenoxy) is 2. The number of carboxylic acid groups (broad SMARTS) is 1. The summed E-state index contributed by atoms with van der Waals surface area (Å²) in [5, 5.41) is 8.22. The van der Waals surface area contributed by atoms with Gasteiger partial charge in [-0.15, -0.1) is 0 Å². The van der Waals surface area contributed by atoms with Crippen LogP contribution in [0.2, 0.25) is 0 Å². The van der Waals surface area contributed by atoms with Crippen molar-refractivity contribution in [2.45, 2.75) is 9.52 Å². The summed E-state index contributed by atoms with van der Waals surface area (Å²) < 4.78 is 9.12. The fourth-order valence-corrected chi connectivity index (χ4v) is 1.92. The van der Waals surface area contributed by atoms with Crippen molar-refractivity contribution in [3.63, 3.8) is 0 Å². The number of carbonyl (C=O) groups is 1. The van der Waals surface area contributed by atoms with Crippen LogP contribution in [0.15, 0.2) is 24.3 Å². The quantitative estimate of drug-likeness (QED) is 0.799. The standard InChI is InChI=1S/C9H6Br2O4/c10-7-9(11,8(12)13)15-6-4-2-1-3-5(6)14-7/h1-4,7H,(H,12,13). The van der Waals surface area contributed by atoms with Crippen LogP contribution in [0, 0.1) is 0 Å². The average Bonchev–Trinajstić information content (AvgIpc) is 2.19. The summed E-state index contributed by atoms with van der Waals surface area (Å²) in [5.41, 5.74) is 0. The van der Waals surface area contributed by atoms with Crippen molar-refractivity contribution in [3.8, 4) is 11.5 Å². The van der Waals surface area contributed by atoms with Crippen molar-refractivity contribution < 1.29 is 19.4 Å². The highest BCUT2D eigenvalue weighted by molar-refractivity contribution is 9.12. The van der Waals surface area contributed by atoms with Crippen LogP contribution in [0.1, 0.15) is 0 Å². The molecule has 4 nitrogen and oxygen atoms in total. The van der Waals surface area contributed by atoms with Crippen LogP contribution in [0.5, 0.6) is 11.5 Å². The van der Waals surface area contributed by atoms with Crippen LogP contribution in [0.4, 0.5) is 0 Å². The van der Waals surface area contributed by atoms with Crippen LogP contribution in [-0.2, 0) is 4.79 Å². The molecular weight excluding hydrogens is 332 g/mol. The Morgan fingerprint density at radius 2 is 2.00 bits per heavy atom. The zero-order valence-electron chi connectivity index (χ0n) is 7.31. The van der Waals surface area contributed by atoms with Crippen LogP contribution in [-0.4, -0.2) is 20.6 Å². The van der Waals surface area contributed by atoms with Gasteiger partial charge in [0.05, 0.1) is 0 Å². The van der Waals surface area contributed by atoms with Crippen LogP contribution in [0.3, 0.4) is 0 Å². The Morgan fingerprint density at radius 3 is 2.60 bits per heavy atom. The van der Waals surface area contributed by atoms with E-state index in [1.807, 2.05) is 0 Å². The number of alkyl halides is 2. The van der Waals surface area contributed by atoms with Gasteiger partial charge in [0, 0.05) is 0 Å². The topological polar surface area (TPSA) is 55.8 Å². The summed E-state index contributed by atoms with van der Waals surface area (Å²) >= 11 is 6.11. The fourth-order valence-electron chi connectivity index (χ4n) is 1.17. The molecule has 0 amide bonds. The molecule has 0 saturated heterocycles. The molecule has 1 heterocycles. The summed E-state index contributed by atoms with van der Waals surface area (Å²) in [6.45, 7) is 0. The van der Waals surface area contributed by atoms with Gasteiger partial charge < -0.3 is 14.6 Å². The van der Waals surface area contributed by atoms with Crippen LogP contribution < -0.4 is 9.47 Å². The Labute approximate surface area is 102 Å². The van der Waals surface area contributed by atoms with Gasteiger partial charge in [0.25, 0.3) is 0 Å². The molecule has 1 aliphatic heterocycles. The number of para-hydroxylation sites is 2. The van der Waals surface area contributed by atoms with Gasteiger partial charge in [0.1, 0.15) is 0 Å². The zero-order chi connectivity index (χ0) is 11.1. The third kappa shape index (κ3) is 1.72. The fraction of sp³-hybridized carbons (Fsp3) is 0.222. The highest BCUT2D eigenvalue weighted by Crippen LogP contribution is 2.43. The Balaban J connectivity index is 2.41. The molecular formula is C9H6Br2O4. The molecule has 2 atom stereocenters. The maximum atomic E-state index is 11.0. The van der Waals surface area contributed by atoms with Gasteiger partial charge in [0.2, 0.25) is 5.01 Å². The molecule has 0 bridgehead atoms. The molecule has 2 unspecified atom stereocenters. The highest BCUT2D eigenvalue weighted by Gasteiger charge is 2.50. The summed E-state index contributed by atoms with van der Waals surface area (Å²) in [5.74, 6) is -0.248. The molecule has 0 aromatic heterocycles. The molecule has 2 rings (SSSR count). The molecule has 1 N–H and O–H groups in total. The van der Waals surface area contributed by atoms with E-state index in [1.165, 1.54) is 0 Å². The third-order valence-corrected chi connectivity index (χ3v) is 4.28. The van der Waals surface area contributed by atoms with Gasteiger partial charge in [-0.2, -0.15) is 0 Å². The predicted octanol–water partition coefficient (Wildman–Crippen LogP) is 2.35. The lowest BCUT2D eigenvalue weighted by molar-refractivity contribution is -0.151. The van der Waals surface area contributed by atoms with Crippen LogP contribution in [0.25, 0.3) is 0 Å². The minimum Gasteiger partial charge on any atom is -0.477 e. The Hall–Kier alpha value is -0.750. The second-order valence-electron chi connectivity index (χ2n) is 2.93. The van der Waals surface area contributed by atoms with Crippen molar-refractivity contribution in [1.82, 2.24) is 0 Å². The first-order valence-corrected chi connectivity index (χ1v) is 5.76. The van der Waals surface area contributed by atoms with Crippen molar-refractivity contribution in [2.75, 3.05) is 0 Å². The van der Waals surface area contributed by atoms with E-state index in [2.05, 4.69) is 31.9 Å². The van der Waals surface area contributed by atoms with E-state index in [0.29, 0.717) is 11.5 Å². The number of halogens is 2. The van der Waals surface area contributed by atoms with Gasteiger partial charge in [-0.05, 0) is 44.0 Å². The smallest absolute Gasteiger partial charge is 0.364 e. The molecule has 80 valence electrons. The molecule has 0 aliphatic carbocycles. The second-order valence-corrected chi connectivity index (χ2v) is 4.94. The number of hydrogen-bond acceptors (Lipinski definition) is 3. The summed E-state index contributed by atoms with van der Waals surface area (Å²) in [4.78, 5) is 11.0. The van der Waals surface area contributed by atoms with E-state index in [9.17, 15) is 4.79 Å². The molecule has 0 saturated carbocycles. The predicted molar refractivity (Wildman–Crippen MR) is 59.7 cm³/mol. The molecule has 1 aliphatic rings. The first-order chi connectivity index (χ1) is 7.04. The van der Waals surface area contributed by atoms with Gasteiger partial charge in [0.15, 0.2) is 11.5 Å². The van der Waals surface area contributed by atoms with Gasteiger partial charge in [-0.25, -0.2) is 4.79 Å². The van der Waals surface area contributed by atoms with Gasteiger partial charge >= 0.3 is 10.5 Å². The van der Waals surface area contributed by atoms with Crippen molar-refractivity contribution in [2.24, 2.45) is 0 Å². The average molecular weight is 338 g/mol. The number of rotatable bonds is 1. The Morgan fingerprint density at radius 1 is 1.40 bits per heavy atom. The molecule has 0 radical (unpaired) electrons. The van der Waals surface area contributed by atoms with E-state index in [1.54, 1.807) is 24.3 Å². The lowest BCUT2D eigenvalue weighted by Crippen LogP contribution is -2.51. The van der Waals surface area contributed by atoms with E-state index in [0.717, 1.165) is 0 Å². The van der Waals surface area contributed by atoms with Crippen molar-refractivity contribution in [1.29, 1.82) is 0 Å². The molecule has 15 heavy (non-hydrogen) atoms. The molecule has 6 heteroatoms. The number of carboxylic acids is 1. The maximum Gasteiger partial charge on any atom is 0.364 e. The number of aliphatic carboxylic acids is 1. The largest absolute Gasteiger partial charge is 0.477 e. The lowest BCUT2D eigenvalue weighted by atomic mass is 10.2. The lowest BCUT2D eigenvalue weighted by Gasteiger charge is -2.34. The molecule has 1 aromatic rings. The van der Waals surface area contributed by atoms with Crippen LogP contribution >= 0.6 is 31.9 Å². The Bertz CT molecular complexity index is 409. The minimum atomic E-state index is -1.60. The van der Waals surface area contributed by atoms with Gasteiger partial charge in [-0.3, -0.25) is 0 Å². The van der Waals surface area contributed by atoms with E-state index >= 15 is 0 Å². The zero-order valence-corrected chi connectivity index (χ0v) is 10.5. The maximum absolute atomic E-state index is 11.0. The number of hydrogen-bond donors (Lipinski definition) is 1. The molecule has 0 fully saturated rings. The molecule has 0 spiro atoms.